The zero-order chi connectivity index (χ0) is 16.9. The highest BCUT2D eigenvalue weighted by atomic mass is 16.5. The molecule has 24 heavy (non-hydrogen) atoms. The monoisotopic (exact) mass is 325 g/mol. The fraction of sp³-hybridized carbons (Fsp3) is 0.188. The quantitative estimate of drug-likeness (QED) is 0.658. The summed E-state index contributed by atoms with van der Waals surface area (Å²) in [7, 11) is 2.93. The van der Waals surface area contributed by atoms with Gasteiger partial charge in [0.05, 0.1) is 20.8 Å². The van der Waals surface area contributed by atoms with Crippen LogP contribution < -0.4 is 4.74 Å². The van der Waals surface area contributed by atoms with Gasteiger partial charge in [0.15, 0.2) is 5.82 Å². The van der Waals surface area contributed by atoms with E-state index < -0.39 is 5.97 Å². The van der Waals surface area contributed by atoms with Gasteiger partial charge in [-0.05, 0) is 40.3 Å². The topological polar surface area (TPSA) is 92.0 Å². The van der Waals surface area contributed by atoms with Gasteiger partial charge in [-0.25, -0.2) is 14.5 Å². The van der Waals surface area contributed by atoms with E-state index in [1.165, 1.54) is 13.3 Å². The largest absolute Gasteiger partial charge is 0.497 e. The summed E-state index contributed by atoms with van der Waals surface area (Å²) in [6, 6.07) is 11.0. The number of pyridine rings is 1. The summed E-state index contributed by atoms with van der Waals surface area (Å²) in [5.74, 6) is 0.817. The Morgan fingerprint density at radius 2 is 1.96 bits per heavy atom. The highest BCUT2D eigenvalue weighted by molar-refractivity contribution is 5.88. The molecule has 3 rings (SSSR count). The molecule has 1 aromatic carbocycles. The Hall–Kier alpha value is -3.29. The maximum absolute atomic E-state index is 11.6. The normalized spacial score (nSPS) is 10.4. The molecule has 8 heteroatoms. The Kier molecular flexibility index (Phi) is 4.46. The average molecular weight is 325 g/mol. The Bertz CT molecular complexity index is 845. The van der Waals surface area contributed by atoms with Crippen molar-refractivity contribution in [2.45, 2.75) is 6.54 Å². The van der Waals surface area contributed by atoms with Gasteiger partial charge in [0.1, 0.15) is 11.4 Å². The molecular weight excluding hydrogens is 310 g/mol. The van der Waals surface area contributed by atoms with Crippen LogP contribution in [0.1, 0.15) is 16.1 Å². The van der Waals surface area contributed by atoms with E-state index in [2.05, 4.69) is 25.2 Å². The predicted octanol–water partition coefficient (Wildman–Crippen LogP) is 1.58. The van der Waals surface area contributed by atoms with Crippen LogP contribution in [0, 0.1) is 0 Å². The summed E-state index contributed by atoms with van der Waals surface area (Å²) in [6.45, 7) is 0.488. The molecule has 0 aliphatic rings. The van der Waals surface area contributed by atoms with Gasteiger partial charge in [-0.1, -0.05) is 12.1 Å². The van der Waals surface area contributed by atoms with E-state index in [1.807, 2.05) is 24.3 Å². The lowest BCUT2D eigenvalue weighted by molar-refractivity contribution is 0.0594. The second-order valence-corrected chi connectivity index (χ2v) is 4.93. The van der Waals surface area contributed by atoms with Crippen molar-refractivity contribution in [2.24, 2.45) is 0 Å². The van der Waals surface area contributed by atoms with Gasteiger partial charge < -0.3 is 9.47 Å². The van der Waals surface area contributed by atoms with Gasteiger partial charge in [-0.2, -0.15) is 0 Å². The number of carbonyl (C=O) groups excluding carboxylic acids is 1. The van der Waals surface area contributed by atoms with Crippen LogP contribution >= 0.6 is 0 Å². The summed E-state index contributed by atoms with van der Waals surface area (Å²) >= 11 is 0. The highest BCUT2D eigenvalue weighted by Crippen LogP contribution is 2.18. The second kappa shape index (κ2) is 6.86. The maximum atomic E-state index is 11.6. The second-order valence-electron chi connectivity index (χ2n) is 4.93. The van der Waals surface area contributed by atoms with Crippen LogP contribution in [0.5, 0.6) is 5.75 Å². The van der Waals surface area contributed by atoms with E-state index in [9.17, 15) is 4.79 Å². The van der Waals surface area contributed by atoms with Gasteiger partial charge in [-0.15, -0.1) is 5.10 Å². The first-order chi connectivity index (χ1) is 11.7. The minimum absolute atomic E-state index is 0.203. The Labute approximate surface area is 138 Å². The molecule has 0 N–H and O–H groups in total. The third-order valence-corrected chi connectivity index (χ3v) is 3.44. The fourth-order valence-corrected chi connectivity index (χ4v) is 2.21. The first-order valence-corrected chi connectivity index (χ1v) is 7.15. The van der Waals surface area contributed by atoms with Gasteiger partial charge in [0, 0.05) is 11.8 Å². The smallest absolute Gasteiger partial charge is 0.356 e. The molecule has 0 aliphatic carbocycles. The van der Waals surface area contributed by atoms with Crippen LogP contribution in [-0.4, -0.2) is 45.4 Å². The van der Waals surface area contributed by atoms with Crippen LogP contribution in [0.25, 0.3) is 11.4 Å². The van der Waals surface area contributed by atoms with E-state index in [0.29, 0.717) is 17.9 Å². The van der Waals surface area contributed by atoms with Gasteiger partial charge in [-0.3, -0.25) is 0 Å². The number of aromatic nitrogens is 5. The van der Waals surface area contributed by atoms with Crippen molar-refractivity contribution >= 4 is 5.97 Å². The lowest BCUT2D eigenvalue weighted by Crippen LogP contribution is -2.07. The van der Waals surface area contributed by atoms with Crippen molar-refractivity contribution < 1.29 is 14.3 Å². The number of rotatable bonds is 5. The fourth-order valence-electron chi connectivity index (χ4n) is 2.21. The standard InChI is InChI=1S/C16H15N5O3/c1-23-13-5-3-11(4-6-13)10-21-15(18-19-20-21)12-7-8-17-14(9-12)16(22)24-2/h3-9H,10H2,1-2H3. The number of benzene rings is 1. The van der Waals surface area contributed by atoms with E-state index in [0.717, 1.165) is 11.3 Å². The summed E-state index contributed by atoms with van der Waals surface area (Å²) in [5.41, 5.74) is 1.91. The van der Waals surface area contributed by atoms with Gasteiger partial charge in [0.25, 0.3) is 0 Å². The van der Waals surface area contributed by atoms with Crippen LogP contribution in [-0.2, 0) is 11.3 Å². The number of tetrazole rings is 1. The SMILES string of the molecule is COC(=O)c1cc(-c2nnnn2Cc2ccc(OC)cc2)ccn1. The summed E-state index contributed by atoms with van der Waals surface area (Å²) in [5, 5.41) is 11.8. The van der Waals surface area contributed by atoms with E-state index in [4.69, 9.17) is 4.74 Å². The van der Waals surface area contributed by atoms with Crippen LogP contribution in [0.3, 0.4) is 0 Å². The summed E-state index contributed by atoms with van der Waals surface area (Å²) in [4.78, 5) is 15.6. The molecular formula is C16H15N5O3. The lowest BCUT2D eigenvalue weighted by atomic mass is 10.2. The van der Waals surface area contributed by atoms with Crippen molar-refractivity contribution in [3.05, 3.63) is 53.9 Å². The van der Waals surface area contributed by atoms with E-state index >= 15 is 0 Å². The minimum atomic E-state index is -0.508. The average Bonchev–Trinajstić information content (AvgIpc) is 3.10. The molecule has 0 spiro atoms. The molecule has 2 heterocycles. The summed E-state index contributed by atoms with van der Waals surface area (Å²) in [6.07, 6.45) is 1.52. The Morgan fingerprint density at radius 1 is 1.17 bits per heavy atom. The number of ether oxygens (including phenoxy) is 2. The molecule has 0 saturated carbocycles. The van der Waals surface area contributed by atoms with Gasteiger partial charge in [0.2, 0.25) is 0 Å². The molecule has 0 atom stereocenters. The van der Waals surface area contributed by atoms with Crippen LogP contribution in [0.4, 0.5) is 0 Å². The summed E-state index contributed by atoms with van der Waals surface area (Å²) < 4.78 is 11.5. The zero-order valence-electron chi connectivity index (χ0n) is 13.2. The zero-order valence-corrected chi connectivity index (χ0v) is 13.2. The highest BCUT2D eigenvalue weighted by Gasteiger charge is 2.13. The Balaban J connectivity index is 1.88. The van der Waals surface area contributed by atoms with E-state index in [-0.39, 0.29) is 5.69 Å². The maximum Gasteiger partial charge on any atom is 0.356 e. The first kappa shape index (κ1) is 15.6. The molecule has 0 bridgehead atoms. The minimum Gasteiger partial charge on any atom is -0.497 e. The van der Waals surface area contributed by atoms with Crippen molar-refractivity contribution in [1.82, 2.24) is 25.2 Å². The number of hydrogen-bond donors (Lipinski definition) is 0. The molecule has 0 radical (unpaired) electrons. The first-order valence-electron chi connectivity index (χ1n) is 7.15. The molecule has 2 aromatic heterocycles. The number of esters is 1. The molecule has 0 unspecified atom stereocenters. The molecule has 0 saturated heterocycles. The Morgan fingerprint density at radius 3 is 2.67 bits per heavy atom. The van der Waals surface area contributed by atoms with Gasteiger partial charge >= 0.3 is 5.97 Å². The third kappa shape index (κ3) is 3.22. The van der Waals surface area contributed by atoms with Crippen molar-refractivity contribution in [3.63, 3.8) is 0 Å². The third-order valence-electron chi connectivity index (χ3n) is 3.44. The molecule has 8 nitrogen and oxygen atoms in total. The molecule has 0 amide bonds. The number of carbonyl (C=O) groups is 1. The van der Waals surface area contributed by atoms with E-state index in [1.54, 1.807) is 23.9 Å². The predicted molar refractivity (Wildman–Crippen MR) is 84.5 cm³/mol. The number of methoxy groups -OCH3 is 2. The van der Waals surface area contributed by atoms with Crippen LogP contribution in [0.15, 0.2) is 42.6 Å². The lowest BCUT2D eigenvalue weighted by Gasteiger charge is -2.06. The number of hydrogen-bond acceptors (Lipinski definition) is 7. The molecule has 122 valence electrons. The van der Waals surface area contributed by atoms with Crippen molar-refractivity contribution in [3.8, 4) is 17.1 Å². The molecule has 0 fully saturated rings. The number of nitrogens with zero attached hydrogens (tertiary/aromatic N) is 5. The van der Waals surface area contributed by atoms with Crippen molar-refractivity contribution in [2.75, 3.05) is 14.2 Å². The molecule has 3 aromatic rings. The molecule has 0 aliphatic heterocycles. The van der Waals surface area contributed by atoms with Crippen molar-refractivity contribution in [1.29, 1.82) is 0 Å². The van der Waals surface area contributed by atoms with Crippen LogP contribution in [0.2, 0.25) is 0 Å².